The summed E-state index contributed by atoms with van der Waals surface area (Å²) in [6.45, 7) is 11.6. The van der Waals surface area contributed by atoms with Gasteiger partial charge in [0.15, 0.2) is 0 Å². The number of hydrogen-bond donors (Lipinski definition) is 2. The lowest BCUT2D eigenvalue weighted by Gasteiger charge is -2.42. The smallest absolute Gasteiger partial charge is 0.330 e. The highest BCUT2D eigenvalue weighted by Crippen LogP contribution is 2.44. The molecule has 4 N–H and O–H groups in total. The average Bonchev–Trinajstić information content (AvgIpc) is 1.97. The van der Waals surface area contributed by atoms with Crippen LogP contribution >= 0.6 is 0 Å². The van der Waals surface area contributed by atoms with Gasteiger partial charge in [-0.25, -0.2) is 4.79 Å². The van der Waals surface area contributed by atoms with Crippen molar-refractivity contribution >= 4 is 5.97 Å². The summed E-state index contributed by atoms with van der Waals surface area (Å²) in [6.07, 6.45) is 0.527. The van der Waals surface area contributed by atoms with E-state index in [9.17, 15) is 4.79 Å². The first-order chi connectivity index (χ1) is 6.44. The Kier molecular flexibility index (Phi) is 3.93. The maximum atomic E-state index is 11.8. The molecule has 0 fully saturated rings. The zero-order valence-corrected chi connectivity index (χ0v) is 10.7. The van der Waals surface area contributed by atoms with Gasteiger partial charge < -0.3 is 10.6 Å². The number of hydrogen-bond acceptors (Lipinski definition) is 4. The molecule has 15 heavy (non-hydrogen) atoms. The molecule has 0 saturated carbocycles. The van der Waals surface area contributed by atoms with Gasteiger partial charge in [0.1, 0.15) is 0 Å². The fraction of sp³-hybridized carbons (Fsp3) is 0.909. The second-order valence-corrected chi connectivity index (χ2v) is 6.15. The second-order valence-electron chi connectivity index (χ2n) is 6.15. The quantitative estimate of drug-likeness (QED) is 0.702. The van der Waals surface area contributed by atoms with Crippen LogP contribution in [0.15, 0.2) is 0 Å². The first kappa shape index (κ1) is 14.4. The zero-order chi connectivity index (χ0) is 12.5. The first-order valence-corrected chi connectivity index (χ1v) is 5.14. The van der Waals surface area contributed by atoms with Crippen LogP contribution in [-0.2, 0) is 9.63 Å². The van der Waals surface area contributed by atoms with Crippen molar-refractivity contribution in [2.45, 2.75) is 53.5 Å². The van der Waals surface area contributed by atoms with Crippen LogP contribution in [0.2, 0.25) is 0 Å². The molecule has 0 amide bonds. The molecule has 0 aromatic rings. The van der Waals surface area contributed by atoms with Crippen molar-refractivity contribution in [3.05, 3.63) is 0 Å². The Balaban J connectivity index is 5.14. The Morgan fingerprint density at radius 3 is 1.73 bits per heavy atom. The Hall–Kier alpha value is -0.610. The minimum atomic E-state index is -0.681. The molecule has 1 unspecified atom stereocenters. The summed E-state index contributed by atoms with van der Waals surface area (Å²) in [4.78, 5) is 16.1. The van der Waals surface area contributed by atoms with E-state index in [-0.39, 0.29) is 5.41 Å². The lowest BCUT2D eigenvalue weighted by atomic mass is 9.63. The van der Waals surface area contributed by atoms with Gasteiger partial charge in [0.2, 0.25) is 0 Å². The molecule has 90 valence electrons. The van der Waals surface area contributed by atoms with Crippen molar-refractivity contribution in [2.24, 2.45) is 22.5 Å². The summed E-state index contributed by atoms with van der Waals surface area (Å²) in [5.41, 5.74) is 4.60. The monoisotopic (exact) mass is 216 g/mol. The van der Waals surface area contributed by atoms with Crippen LogP contribution in [0.4, 0.5) is 0 Å². The van der Waals surface area contributed by atoms with E-state index in [1.807, 2.05) is 41.5 Å². The third-order valence-corrected chi connectivity index (χ3v) is 3.02. The van der Waals surface area contributed by atoms with Crippen LogP contribution in [-0.4, -0.2) is 11.5 Å². The third-order valence-electron chi connectivity index (χ3n) is 3.02. The number of nitrogens with two attached hydrogens (primary N) is 2. The van der Waals surface area contributed by atoms with E-state index in [0.717, 1.165) is 0 Å². The summed E-state index contributed by atoms with van der Waals surface area (Å²) < 4.78 is 0. The van der Waals surface area contributed by atoms with Crippen molar-refractivity contribution in [1.82, 2.24) is 0 Å². The molecule has 0 radical (unpaired) electrons. The summed E-state index contributed by atoms with van der Waals surface area (Å²) in [5.74, 6) is 4.57. The first-order valence-electron chi connectivity index (χ1n) is 5.14. The second kappa shape index (κ2) is 4.10. The van der Waals surface area contributed by atoms with Gasteiger partial charge in [0, 0.05) is 5.54 Å². The third kappa shape index (κ3) is 3.47. The molecule has 0 spiro atoms. The SMILES string of the molecule is CC(C)(N)CC(C)(C(=O)ON)C(C)(C)C. The molecule has 4 nitrogen and oxygen atoms in total. The molecular weight excluding hydrogens is 192 g/mol. The number of rotatable bonds is 3. The average molecular weight is 216 g/mol. The van der Waals surface area contributed by atoms with E-state index in [2.05, 4.69) is 4.84 Å². The van der Waals surface area contributed by atoms with E-state index >= 15 is 0 Å². The van der Waals surface area contributed by atoms with Crippen LogP contribution in [0.25, 0.3) is 0 Å². The molecule has 0 heterocycles. The lowest BCUT2D eigenvalue weighted by Crippen LogP contribution is -2.49. The topological polar surface area (TPSA) is 78.3 Å². The summed E-state index contributed by atoms with van der Waals surface area (Å²) in [5, 5.41) is 0. The van der Waals surface area contributed by atoms with E-state index in [1.54, 1.807) is 0 Å². The number of carbonyl (C=O) groups excluding carboxylic acids is 1. The molecule has 0 saturated heterocycles. The minimum absolute atomic E-state index is 0.250. The Bertz CT molecular complexity index is 238. The van der Waals surface area contributed by atoms with E-state index < -0.39 is 16.9 Å². The molecule has 0 aliphatic heterocycles. The molecule has 0 aliphatic rings. The molecule has 1 atom stereocenters. The fourth-order valence-electron chi connectivity index (χ4n) is 1.68. The predicted molar refractivity (Wildman–Crippen MR) is 60.7 cm³/mol. The molecule has 0 aromatic heterocycles. The predicted octanol–water partition coefficient (Wildman–Crippen LogP) is 1.58. The van der Waals surface area contributed by atoms with Gasteiger partial charge in [-0.1, -0.05) is 20.8 Å². The van der Waals surface area contributed by atoms with Crippen molar-refractivity contribution < 1.29 is 9.63 Å². The minimum Gasteiger partial charge on any atom is -0.373 e. The Morgan fingerprint density at radius 2 is 1.53 bits per heavy atom. The number of carbonyl (C=O) groups is 1. The van der Waals surface area contributed by atoms with E-state index in [1.165, 1.54) is 0 Å². The molecular formula is C11H24N2O2. The summed E-state index contributed by atoms with van der Waals surface area (Å²) in [7, 11) is 0. The molecule has 0 bridgehead atoms. The Morgan fingerprint density at radius 1 is 1.13 bits per heavy atom. The molecule has 0 rings (SSSR count). The van der Waals surface area contributed by atoms with Crippen LogP contribution < -0.4 is 11.6 Å². The van der Waals surface area contributed by atoms with Crippen molar-refractivity contribution in [3.8, 4) is 0 Å². The molecule has 0 aromatic carbocycles. The Labute approximate surface area is 92.3 Å². The van der Waals surface area contributed by atoms with Crippen LogP contribution in [0.1, 0.15) is 48.0 Å². The highest BCUT2D eigenvalue weighted by atomic mass is 16.7. The summed E-state index contributed by atoms with van der Waals surface area (Å²) in [6, 6.07) is 0. The van der Waals surface area contributed by atoms with Gasteiger partial charge in [0.05, 0.1) is 5.41 Å². The largest absolute Gasteiger partial charge is 0.373 e. The normalized spacial score (nSPS) is 17.1. The van der Waals surface area contributed by atoms with Gasteiger partial charge in [-0.3, -0.25) is 0 Å². The van der Waals surface area contributed by atoms with Crippen LogP contribution in [0.5, 0.6) is 0 Å². The van der Waals surface area contributed by atoms with Gasteiger partial charge in [-0.05, 0) is 32.6 Å². The van der Waals surface area contributed by atoms with Crippen molar-refractivity contribution in [3.63, 3.8) is 0 Å². The van der Waals surface area contributed by atoms with Gasteiger partial charge in [-0.15, -0.1) is 0 Å². The summed E-state index contributed by atoms with van der Waals surface area (Å²) >= 11 is 0. The van der Waals surface area contributed by atoms with Crippen molar-refractivity contribution in [2.75, 3.05) is 0 Å². The van der Waals surface area contributed by atoms with E-state index in [4.69, 9.17) is 11.6 Å². The molecule has 0 aliphatic carbocycles. The maximum Gasteiger partial charge on any atom is 0.330 e. The molecule has 4 heteroatoms. The lowest BCUT2D eigenvalue weighted by molar-refractivity contribution is -0.164. The van der Waals surface area contributed by atoms with E-state index in [0.29, 0.717) is 6.42 Å². The van der Waals surface area contributed by atoms with Crippen LogP contribution in [0, 0.1) is 10.8 Å². The maximum absolute atomic E-state index is 11.8. The van der Waals surface area contributed by atoms with Crippen LogP contribution in [0.3, 0.4) is 0 Å². The fourth-order valence-corrected chi connectivity index (χ4v) is 1.68. The van der Waals surface area contributed by atoms with Gasteiger partial charge in [-0.2, -0.15) is 5.90 Å². The highest BCUT2D eigenvalue weighted by Gasteiger charge is 2.47. The van der Waals surface area contributed by atoms with Gasteiger partial charge in [0.25, 0.3) is 0 Å². The van der Waals surface area contributed by atoms with Crippen molar-refractivity contribution in [1.29, 1.82) is 0 Å². The van der Waals surface area contributed by atoms with Gasteiger partial charge >= 0.3 is 5.97 Å². The zero-order valence-electron chi connectivity index (χ0n) is 10.7. The highest BCUT2D eigenvalue weighted by molar-refractivity contribution is 5.77. The standard InChI is InChI=1S/C11H24N2O2/c1-9(2,3)11(6,8(14)15-13)7-10(4,5)12/h7,12-13H2,1-6H3.